The van der Waals surface area contributed by atoms with Crippen LogP contribution in [0.2, 0.25) is 0 Å². The first-order valence-corrected chi connectivity index (χ1v) is 3.74. The van der Waals surface area contributed by atoms with Crippen molar-refractivity contribution >= 4 is 26.7 Å². The van der Waals surface area contributed by atoms with Gasteiger partial charge in [0, 0.05) is 0 Å². The zero-order valence-corrected chi connectivity index (χ0v) is 7.06. The van der Waals surface area contributed by atoms with Gasteiger partial charge in [-0.3, -0.25) is 0 Å². The van der Waals surface area contributed by atoms with E-state index in [4.69, 9.17) is 5.21 Å². The molecular formula is C5H4N4OSe. The van der Waals surface area contributed by atoms with Crippen molar-refractivity contribution in [3.05, 3.63) is 16.8 Å². The molecule has 2 aromatic heterocycles. The summed E-state index contributed by atoms with van der Waals surface area (Å²) >= 11 is 2.75. The van der Waals surface area contributed by atoms with Crippen LogP contribution >= 0.6 is 0 Å². The molecule has 0 fully saturated rings. The number of H-pyrrole nitrogens is 1. The van der Waals surface area contributed by atoms with Gasteiger partial charge in [0.2, 0.25) is 0 Å². The number of hydrogen-bond donors (Lipinski definition) is 2. The second kappa shape index (κ2) is 2.18. The number of nitrogens with one attached hydrogen (secondary N) is 1. The molecule has 0 saturated heterocycles. The van der Waals surface area contributed by atoms with Crippen molar-refractivity contribution in [2.24, 2.45) is 0 Å². The Morgan fingerprint density at radius 2 is 2.36 bits per heavy atom. The quantitative estimate of drug-likeness (QED) is 0.468. The van der Waals surface area contributed by atoms with Gasteiger partial charge in [-0.1, -0.05) is 0 Å². The Morgan fingerprint density at radius 1 is 1.55 bits per heavy atom. The second-order valence-corrected chi connectivity index (χ2v) is 2.81. The first kappa shape index (κ1) is 6.57. The van der Waals surface area contributed by atoms with E-state index in [0.717, 1.165) is 4.73 Å². The molecule has 2 rings (SSSR count). The van der Waals surface area contributed by atoms with E-state index in [1.54, 1.807) is 0 Å². The summed E-state index contributed by atoms with van der Waals surface area (Å²) in [6.07, 6.45) is 2.79. The van der Waals surface area contributed by atoms with E-state index >= 15 is 0 Å². The van der Waals surface area contributed by atoms with E-state index in [9.17, 15) is 0 Å². The third-order valence-electron chi connectivity index (χ3n) is 1.33. The van der Waals surface area contributed by atoms with Gasteiger partial charge in [-0.2, -0.15) is 0 Å². The summed E-state index contributed by atoms with van der Waals surface area (Å²) in [5.41, 5.74) is 1.17. The van der Waals surface area contributed by atoms with Crippen LogP contribution in [0.25, 0.3) is 11.2 Å². The van der Waals surface area contributed by atoms with Crippen molar-refractivity contribution in [1.82, 2.24) is 19.7 Å². The maximum atomic E-state index is 9.14. The number of aromatic nitrogens is 4. The van der Waals surface area contributed by atoms with Gasteiger partial charge >= 0.3 is 68.5 Å². The maximum absolute atomic E-state index is 9.14. The van der Waals surface area contributed by atoms with E-state index in [1.807, 2.05) is 0 Å². The van der Waals surface area contributed by atoms with E-state index < -0.39 is 0 Å². The fourth-order valence-corrected chi connectivity index (χ4v) is 1.26. The van der Waals surface area contributed by atoms with Crippen LogP contribution in [-0.4, -0.2) is 40.5 Å². The van der Waals surface area contributed by atoms with Gasteiger partial charge < -0.3 is 0 Å². The normalized spacial score (nSPS) is 10.5. The topological polar surface area (TPSA) is 66.7 Å². The summed E-state index contributed by atoms with van der Waals surface area (Å²) < 4.78 is 1.56. The number of fused-ring (bicyclic) bond motifs is 1. The molecule has 5 nitrogen and oxygen atoms in total. The summed E-state index contributed by atoms with van der Waals surface area (Å²) in [7, 11) is 0. The van der Waals surface area contributed by atoms with Gasteiger partial charge in [-0.05, 0) is 0 Å². The van der Waals surface area contributed by atoms with Crippen LogP contribution < -0.4 is 0 Å². The molecule has 2 aromatic rings. The molecule has 0 aromatic carbocycles. The molecular weight excluding hydrogens is 211 g/mol. The van der Waals surface area contributed by atoms with Gasteiger partial charge in [0.05, 0.1) is 0 Å². The summed E-state index contributed by atoms with van der Waals surface area (Å²) in [4.78, 5) is 10.6. The first-order valence-electron chi connectivity index (χ1n) is 2.89. The zero-order chi connectivity index (χ0) is 7.84. The van der Waals surface area contributed by atoms with Crippen molar-refractivity contribution in [1.29, 1.82) is 0 Å². The van der Waals surface area contributed by atoms with E-state index in [1.165, 1.54) is 12.7 Å². The molecule has 0 aliphatic heterocycles. The summed E-state index contributed by atoms with van der Waals surface area (Å²) in [6.45, 7) is 0. The fourth-order valence-electron chi connectivity index (χ4n) is 0.845. The summed E-state index contributed by atoms with van der Waals surface area (Å²) in [6, 6.07) is 0. The standard InChI is InChI=1S/C5H4N4OSe/c10-9-2-8-5(11)3-4(9)7-1-6-3/h1-2,10H,(H,6,7). The molecule has 0 spiro atoms. The average molecular weight is 215 g/mol. The van der Waals surface area contributed by atoms with E-state index in [0.29, 0.717) is 15.4 Å². The molecule has 0 radical (unpaired) electrons. The molecule has 0 amide bonds. The van der Waals surface area contributed by atoms with Crippen LogP contribution in [-0.2, 0) is 0 Å². The number of hydrogen-bond acceptors (Lipinski definition) is 3. The molecule has 0 unspecified atom stereocenters. The van der Waals surface area contributed by atoms with Crippen molar-refractivity contribution in [2.45, 2.75) is 0 Å². The van der Waals surface area contributed by atoms with Gasteiger partial charge in [0.1, 0.15) is 0 Å². The molecule has 2 N–H and O–H groups in total. The molecule has 0 aliphatic carbocycles. The van der Waals surface area contributed by atoms with Gasteiger partial charge in [0.25, 0.3) is 0 Å². The SMILES string of the molecule is On1cnc(=[Se])c2[nH]cnc21. The Kier molecular flexibility index (Phi) is 1.30. The van der Waals surface area contributed by atoms with Crippen molar-refractivity contribution in [2.75, 3.05) is 0 Å². The Labute approximate surface area is 69.0 Å². The molecule has 0 aliphatic rings. The number of nitrogens with zero attached hydrogens (tertiary/aromatic N) is 3. The van der Waals surface area contributed by atoms with Gasteiger partial charge in [0.15, 0.2) is 0 Å². The van der Waals surface area contributed by atoms with E-state index in [-0.39, 0.29) is 0 Å². The third kappa shape index (κ3) is 0.875. The molecule has 2 heterocycles. The predicted octanol–water partition coefficient (Wildman–Crippen LogP) is -0.303. The van der Waals surface area contributed by atoms with Crippen molar-refractivity contribution < 1.29 is 5.21 Å². The van der Waals surface area contributed by atoms with Crippen LogP contribution in [0.4, 0.5) is 0 Å². The van der Waals surface area contributed by atoms with Crippen molar-refractivity contribution in [3.8, 4) is 0 Å². The first-order chi connectivity index (χ1) is 5.29. The van der Waals surface area contributed by atoms with Crippen LogP contribution in [0.15, 0.2) is 12.7 Å². The number of aromatic amines is 1. The van der Waals surface area contributed by atoms with Gasteiger partial charge in [-0.25, -0.2) is 0 Å². The molecule has 0 bridgehead atoms. The summed E-state index contributed by atoms with van der Waals surface area (Å²) in [5, 5.41) is 9.14. The molecule has 0 saturated carbocycles. The average Bonchev–Trinajstić information content (AvgIpc) is 2.45. The predicted molar refractivity (Wildman–Crippen MR) is 38.1 cm³/mol. The molecule has 56 valence electrons. The van der Waals surface area contributed by atoms with Gasteiger partial charge in [-0.15, -0.1) is 0 Å². The minimum absolute atomic E-state index is 0.466. The molecule has 11 heavy (non-hydrogen) atoms. The van der Waals surface area contributed by atoms with Crippen LogP contribution in [0.5, 0.6) is 0 Å². The monoisotopic (exact) mass is 216 g/mol. The fraction of sp³-hybridized carbons (Fsp3) is 0. The van der Waals surface area contributed by atoms with Crippen LogP contribution in [0.1, 0.15) is 0 Å². The van der Waals surface area contributed by atoms with Crippen molar-refractivity contribution in [3.63, 3.8) is 0 Å². The van der Waals surface area contributed by atoms with Crippen LogP contribution in [0.3, 0.4) is 0 Å². The number of rotatable bonds is 0. The summed E-state index contributed by atoms with van der Waals surface area (Å²) in [5.74, 6) is 0. The molecule has 6 heteroatoms. The Bertz CT molecular complexity index is 445. The molecule has 0 atom stereocenters. The number of imidazole rings is 1. The third-order valence-corrected chi connectivity index (χ3v) is 1.98. The Hall–Kier alpha value is -1.13. The Morgan fingerprint density at radius 3 is 3.09 bits per heavy atom. The minimum atomic E-state index is 0.466. The Balaban J connectivity index is 3.08. The van der Waals surface area contributed by atoms with E-state index in [2.05, 4.69) is 30.5 Å². The van der Waals surface area contributed by atoms with Crippen LogP contribution in [0, 0.1) is 4.19 Å². The zero-order valence-electron chi connectivity index (χ0n) is 5.35. The second-order valence-electron chi connectivity index (χ2n) is 2.00.